The van der Waals surface area contributed by atoms with Gasteiger partial charge in [-0.2, -0.15) is 5.26 Å². The van der Waals surface area contributed by atoms with Crippen LogP contribution < -0.4 is 0 Å². The number of ketones is 1. The first kappa shape index (κ1) is 12.2. The van der Waals surface area contributed by atoms with Crippen LogP contribution in [0.4, 0.5) is 0 Å². The van der Waals surface area contributed by atoms with Gasteiger partial charge in [0.25, 0.3) is 0 Å². The van der Waals surface area contributed by atoms with Gasteiger partial charge in [-0.15, -0.1) is 0 Å². The molecular weight excluding hydrogens is 277 g/mol. The van der Waals surface area contributed by atoms with Crippen LogP contribution in [0.15, 0.2) is 16.6 Å². The van der Waals surface area contributed by atoms with Crippen molar-refractivity contribution in [3.05, 3.63) is 32.8 Å². The van der Waals surface area contributed by atoms with Crippen LogP contribution in [0.5, 0.6) is 0 Å². The highest BCUT2D eigenvalue weighted by molar-refractivity contribution is 9.10. The second kappa shape index (κ2) is 4.78. The molecule has 0 spiro atoms. The van der Waals surface area contributed by atoms with E-state index in [2.05, 4.69) is 15.9 Å². The maximum atomic E-state index is 11.7. The number of carbonyl (C=O) groups excluding carboxylic acids is 1. The smallest absolute Gasteiger partial charge is 0.180 e. The summed E-state index contributed by atoms with van der Waals surface area (Å²) in [5, 5.41) is 9.20. The molecule has 15 heavy (non-hydrogen) atoms. The molecule has 1 atom stereocenters. The van der Waals surface area contributed by atoms with Crippen LogP contribution in [0.3, 0.4) is 0 Å². The Kier molecular flexibility index (Phi) is 3.90. The molecule has 0 aliphatic carbocycles. The highest BCUT2D eigenvalue weighted by Gasteiger charge is 2.18. The first-order chi connectivity index (χ1) is 6.97. The first-order valence-corrected chi connectivity index (χ1v) is 5.54. The predicted octanol–water partition coefficient (Wildman–Crippen LogP) is 3.75. The molecule has 0 fully saturated rings. The Morgan fingerprint density at radius 1 is 1.60 bits per heavy atom. The molecule has 0 heterocycles. The van der Waals surface area contributed by atoms with Gasteiger partial charge in [-0.1, -0.05) is 27.5 Å². The largest absolute Gasteiger partial charge is 0.293 e. The van der Waals surface area contributed by atoms with E-state index < -0.39 is 5.92 Å². The second-order valence-corrected chi connectivity index (χ2v) is 4.56. The van der Waals surface area contributed by atoms with E-state index in [4.69, 9.17) is 16.9 Å². The third-order valence-electron chi connectivity index (χ3n) is 2.10. The number of rotatable bonds is 2. The zero-order valence-corrected chi connectivity index (χ0v) is 10.7. The molecule has 0 saturated carbocycles. The number of Topliss-reactive ketones (excluding diaryl/α,β-unsaturated/α-hetero) is 1. The number of carbonyl (C=O) groups is 1. The highest BCUT2D eigenvalue weighted by atomic mass is 79.9. The van der Waals surface area contributed by atoms with Crippen molar-refractivity contribution in [2.24, 2.45) is 5.92 Å². The Balaban J connectivity index is 3.22. The van der Waals surface area contributed by atoms with Gasteiger partial charge in [0.1, 0.15) is 5.92 Å². The lowest BCUT2D eigenvalue weighted by atomic mass is 10.00. The Morgan fingerprint density at radius 2 is 2.20 bits per heavy atom. The molecule has 1 unspecified atom stereocenters. The molecule has 0 saturated heterocycles. The number of benzene rings is 1. The third-order valence-corrected chi connectivity index (χ3v) is 3.16. The van der Waals surface area contributed by atoms with Crippen molar-refractivity contribution >= 4 is 33.3 Å². The number of hydrogen-bond acceptors (Lipinski definition) is 2. The Hall–Kier alpha value is -0.850. The summed E-state index contributed by atoms with van der Waals surface area (Å²) in [7, 11) is 0. The summed E-state index contributed by atoms with van der Waals surface area (Å²) >= 11 is 9.21. The molecule has 0 N–H and O–H groups in total. The third kappa shape index (κ3) is 2.58. The van der Waals surface area contributed by atoms with Gasteiger partial charge in [0, 0.05) is 15.1 Å². The average Bonchev–Trinajstić information content (AvgIpc) is 2.21. The van der Waals surface area contributed by atoms with Crippen molar-refractivity contribution in [2.75, 3.05) is 0 Å². The number of nitrogens with zero attached hydrogens (tertiary/aromatic N) is 1. The Labute approximate surface area is 102 Å². The number of aryl methyl sites for hydroxylation is 1. The molecule has 0 bridgehead atoms. The molecular formula is C11H9BrClNO. The van der Waals surface area contributed by atoms with E-state index in [0.29, 0.717) is 15.1 Å². The van der Waals surface area contributed by atoms with Crippen molar-refractivity contribution in [3.8, 4) is 6.07 Å². The van der Waals surface area contributed by atoms with Gasteiger partial charge >= 0.3 is 0 Å². The minimum atomic E-state index is -0.653. The molecule has 0 aromatic heterocycles. The summed E-state index contributed by atoms with van der Waals surface area (Å²) in [5.41, 5.74) is 1.35. The summed E-state index contributed by atoms with van der Waals surface area (Å²) in [6.07, 6.45) is 0. The number of hydrogen-bond donors (Lipinski definition) is 0. The average molecular weight is 287 g/mol. The molecule has 0 radical (unpaired) electrons. The molecule has 1 aromatic rings. The molecule has 2 nitrogen and oxygen atoms in total. The van der Waals surface area contributed by atoms with Crippen LogP contribution in [0.2, 0.25) is 5.02 Å². The van der Waals surface area contributed by atoms with Gasteiger partial charge in [0.2, 0.25) is 0 Å². The second-order valence-electron chi connectivity index (χ2n) is 3.30. The van der Waals surface area contributed by atoms with Crippen LogP contribution in [-0.2, 0) is 0 Å². The molecule has 1 aromatic carbocycles. The fourth-order valence-corrected chi connectivity index (χ4v) is 1.94. The van der Waals surface area contributed by atoms with Gasteiger partial charge in [0.15, 0.2) is 5.78 Å². The van der Waals surface area contributed by atoms with Gasteiger partial charge in [0.05, 0.1) is 6.07 Å². The Morgan fingerprint density at radius 3 is 2.73 bits per heavy atom. The zero-order valence-electron chi connectivity index (χ0n) is 8.34. The van der Waals surface area contributed by atoms with Crippen LogP contribution in [0, 0.1) is 24.2 Å². The van der Waals surface area contributed by atoms with E-state index in [9.17, 15) is 4.79 Å². The fourth-order valence-electron chi connectivity index (χ4n) is 1.13. The van der Waals surface area contributed by atoms with Gasteiger partial charge in [-0.25, -0.2) is 0 Å². The van der Waals surface area contributed by atoms with Crippen molar-refractivity contribution in [1.82, 2.24) is 0 Å². The molecule has 1 rings (SSSR count). The van der Waals surface area contributed by atoms with E-state index >= 15 is 0 Å². The van der Waals surface area contributed by atoms with E-state index in [-0.39, 0.29) is 5.78 Å². The SMILES string of the molecule is Cc1cc(Br)c(C(=O)C(C)C#N)cc1Cl. The monoisotopic (exact) mass is 285 g/mol. The predicted molar refractivity (Wildman–Crippen MR) is 63.0 cm³/mol. The van der Waals surface area contributed by atoms with Crippen molar-refractivity contribution < 1.29 is 4.79 Å². The molecule has 4 heteroatoms. The standard InChI is InChI=1S/C11H9BrClNO/c1-6-3-9(12)8(4-10(6)13)11(15)7(2)5-14/h3-4,7H,1-2H3. The van der Waals surface area contributed by atoms with E-state index in [1.54, 1.807) is 19.1 Å². The topological polar surface area (TPSA) is 40.9 Å². The maximum absolute atomic E-state index is 11.7. The number of halogens is 2. The first-order valence-electron chi connectivity index (χ1n) is 4.37. The van der Waals surface area contributed by atoms with Gasteiger partial charge < -0.3 is 0 Å². The van der Waals surface area contributed by atoms with Crippen LogP contribution >= 0.6 is 27.5 Å². The quantitative estimate of drug-likeness (QED) is 0.777. The van der Waals surface area contributed by atoms with E-state index in [0.717, 1.165) is 5.56 Å². The molecule has 0 aliphatic rings. The van der Waals surface area contributed by atoms with Crippen LogP contribution in [0.25, 0.3) is 0 Å². The van der Waals surface area contributed by atoms with Gasteiger partial charge in [-0.05, 0) is 31.5 Å². The highest BCUT2D eigenvalue weighted by Crippen LogP contribution is 2.26. The fraction of sp³-hybridized carbons (Fsp3) is 0.273. The summed E-state index contributed by atoms with van der Waals surface area (Å²) in [5.74, 6) is -0.869. The van der Waals surface area contributed by atoms with E-state index in [1.165, 1.54) is 0 Å². The zero-order chi connectivity index (χ0) is 11.6. The summed E-state index contributed by atoms with van der Waals surface area (Å²) < 4.78 is 0.677. The minimum absolute atomic E-state index is 0.216. The molecule has 0 aliphatic heterocycles. The molecule has 0 amide bonds. The normalized spacial score (nSPS) is 11.9. The van der Waals surface area contributed by atoms with E-state index in [1.807, 2.05) is 13.0 Å². The van der Waals surface area contributed by atoms with Crippen LogP contribution in [0.1, 0.15) is 22.8 Å². The van der Waals surface area contributed by atoms with Crippen molar-refractivity contribution in [3.63, 3.8) is 0 Å². The van der Waals surface area contributed by atoms with Gasteiger partial charge in [-0.3, -0.25) is 4.79 Å². The lowest BCUT2D eigenvalue weighted by Gasteiger charge is -2.07. The van der Waals surface area contributed by atoms with Crippen molar-refractivity contribution in [1.29, 1.82) is 5.26 Å². The number of nitriles is 1. The minimum Gasteiger partial charge on any atom is -0.293 e. The maximum Gasteiger partial charge on any atom is 0.180 e. The lowest BCUT2D eigenvalue weighted by molar-refractivity contribution is 0.0956. The van der Waals surface area contributed by atoms with Crippen molar-refractivity contribution in [2.45, 2.75) is 13.8 Å². The summed E-state index contributed by atoms with van der Waals surface area (Å²) in [6, 6.07) is 5.28. The summed E-state index contributed by atoms with van der Waals surface area (Å²) in [4.78, 5) is 11.7. The summed E-state index contributed by atoms with van der Waals surface area (Å²) in [6.45, 7) is 3.43. The Bertz CT molecular complexity index is 451. The van der Waals surface area contributed by atoms with Crippen LogP contribution in [-0.4, -0.2) is 5.78 Å². The molecule has 78 valence electrons. The lowest BCUT2D eigenvalue weighted by Crippen LogP contribution is -2.10.